The van der Waals surface area contributed by atoms with E-state index in [-0.39, 0.29) is 23.3 Å². The Bertz CT molecular complexity index is 515. The van der Waals surface area contributed by atoms with Crippen LogP contribution in [-0.2, 0) is 4.79 Å². The van der Waals surface area contributed by atoms with Crippen molar-refractivity contribution in [2.75, 3.05) is 25.1 Å². The van der Waals surface area contributed by atoms with Crippen LogP contribution in [0.25, 0.3) is 0 Å². The number of likely N-dealkylation sites (N-methyl/N-ethyl adjacent to an activating group) is 1. The standard InChI is InChI=1S/C13H16N2O4/c1-8(14-2)12(16)15-6-7-19-11-9(13(17)18)4-3-5-10(11)15/h3-5,8,14H,6-7H2,1-2H3,(H,17,18). The second kappa shape index (κ2) is 5.27. The first-order chi connectivity index (χ1) is 9.06. The van der Waals surface area contributed by atoms with Gasteiger partial charge in [0.25, 0.3) is 0 Å². The van der Waals surface area contributed by atoms with Crippen molar-refractivity contribution in [1.29, 1.82) is 0 Å². The van der Waals surface area contributed by atoms with Crippen LogP contribution in [0.5, 0.6) is 5.75 Å². The summed E-state index contributed by atoms with van der Waals surface area (Å²) in [5.41, 5.74) is 0.588. The Labute approximate surface area is 111 Å². The summed E-state index contributed by atoms with van der Waals surface area (Å²) >= 11 is 0. The molecule has 0 bridgehead atoms. The molecule has 0 fully saturated rings. The maximum Gasteiger partial charge on any atom is 0.339 e. The lowest BCUT2D eigenvalue weighted by Crippen LogP contribution is -2.47. The number of nitrogens with one attached hydrogen (secondary N) is 1. The molecular formula is C13H16N2O4. The van der Waals surface area contributed by atoms with Gasteiger partial charge in [-0.15, -0.1) is 0 Å². The second-order valence-corrected chi connectivity index (χ2v) is 4.31. The number of benzene rings is 1. The zero-order valence-corrected chi connectivity index (χ0v) is 10.8. The first-order valence-corrected chi connectivity index (χ1v) is 6.04. The second-order valence-electron chi connectivity index (χ2n) is 4.31. The van der Waals surface area contributed by atoms with Gasteiger partial charge in [-0.05, 0) is 26.1 Å². The molecule has 0 aromatic heterocycles. The highest BCUT2D eigenvalue weighted by atomic mass is 16.5. The summed E-state index contributed by atoms with van der Waals surface area (Å²) in [5.74, 6) is -0.902. The van der Waals surface area contributed by atoms with Gasteiger partial charge in [-0.3, -0.25) is 4.79 Å². The van der Waals surface area contributed by atoms with Crippen LogP contribution >= 0.6 is 0 Å². The average Bonchev–Trinajstić information content (AvgIpc) is 2.44. The fraction of sp³-hybridized carbons (Fsp3) is 0.385. The number of aromatic carboxylic acids is 1. The molecule has 1 amide bonds. The van der Waals surface area contributed by atoms with Crippen molar-refractivity contribution in [3.05, 3.63) is 23.8 Å². The first-order valence-electron chi connectivity index (χ1n) is 6.04. The Kier molecular flexibility index (Phi) is 3.71. The van der Waals surface area contributed by atoms with Crippen molar-refractivity contribution in [3.8, 4) is 5.75 Å². The molecule has 0 saturated carbocycles. The minimum Gasteiger partial charge on any atom is -0.489 e. The van der Waals surface area contributed by atoms with Crippen molar-refractivity contribution in [2.24, 2.45) is 0 Å². The number of para-hydroxylation sites is 1. The first kappa shape index (κ1) is 13.4. The number of rotatable bonds is 3. The average molecular weight is 264 g/mol. The summed E-state index contributed by atoms with van der Waals surface area (Å²) in [5, 5.41) is 12.0. The Morgan fingerprint density at radius 2 is 2.21 bits per heavy atom. The van der Waals surface area contributed by atoms with Crippen molar-refractivity contribution in [2.45, 2.75) is 13.0 Å². The summed E-state index contributed by atoms with van der Waals surface area (Å²) < 4.78 is 5.41. The number of fused-ring (bicyclic) bond motifs is 1. The summed E-state index contributed by atoms with van der Waals surface area (Å²) in [6.45, 7) is 2.47. The van der Waals surface area contributed by atoms with Gasteiger partial charge in [0.1, 0.15) is 12.2 Å². The lowest BCUT2D eigenvalue weighted by molar-refractivity contribution is -0.120. The highest BCUT2D eigenvalue weighted by Crippen LogP contribution is 2.35. The van der Waals surface area contributed by atoms with E-state index in [1.165, 1.54) is 6.07 Å². The molecule has 1 aromatic carbocycles. The number of ether oxygens (including phenoxy) is 1. The number of hydrogen-bond donors (Lipinski definition) is 2. The Hall–Kier alpha value is -2.08. The van der Waals surface area contributed by atoms with Crippen LogP contribution in [-0.4, -0.2) is 43.2 Å². The van der Waals surface area contributed by atoms with Crippen LogP contribution in [0.3, 0.4) is 0 Å². The Morgan fingerprint density at radius 1 is 1.47 bits per heavy atom. The van der Waals surface area contributed by atoms with Gasteiger partial charge in [-0.25, -0.2) is 4.79 Å². The minimum atomic E-state index is -1.06. The normalized spacial score (nSPS) is 15.4. The van der Waals surface area contributed by atoms with E-state index < -0.39 is 5.97 Å². The Balaban J connectivity index is 2.43. The molecule has 19 heavy (non-hydrogen) atoms. The monoisotopic (exact) mass is 264 g/mol. The van der Waals surface area contributed by atoms with Crippen molar-refractivity contribution >= 4 is 17.6 Å². The van der Waals surface area contributed by atoms with Crippen molar-refractivity contribution in [1.82, 2.24) is 5.32 Å². The number of hydrogen-bond acceptors (Lipinski definition) is 4. The number of nitrogens with zero attached hydrogens (tertiary/aromatic N) is 1. The van der Waals surface area contributed by atoms with E-state index in [1.807, 2.05) is 0 Å². The number of carbonyl (C=O) groups is 2. The predicted molar refractivity (Wildman–Crippen MR) is 69.8 cm³/mol. The van der Waals surface area contributed by atoms with Crippen LogP contribution in [0.4, 0.5) is 5.69 Å². The van der Waals surface area contributed by atoms with E-state index in [4.69, 9.17) is 9.84 Å². The summed E-state index contributed by atoms with van der Waals surface area (Å²) in [7, 11) is 1.71. The maximum absolute atomic E-state index is 12.2. The molecule has 0 radical (unpaired) electrons. The van der Waals surface area contributed by atoms with Gasteiger partial charge in [-0.2, -0.15) is 0 Å². The maximum atomic E-state index is 12.2. The van der Waals surface area contributed by atoms with E-state index >= 15 is 0 Å². The van der Waals surface area contributed by atoms with Crippen molar-refractivity contribution < 1.29 is 19.4 Å². The molecule has 0 spiro atoms. The fourth-order valence-electron chi connectivity index (χ4n) is 2.00. The zero-order valence-electron chi connectivity index (χ0n) is 10.8. The third-order valence-corrected chi connectivity index (χ3v) is 3.15. The number of anilines is 1. The predicted octanol–water partition coefficient (Wildman–Crippen LogP) is 0.718. The van der Waals surface area contributed by atoms with Crippen molar-refractivity contribution in [3.63, 3.8) is 0 Å². The molecule has 1 aliphatic rings. The van der Waals surface area contributed by atoms with Gasteiger partial charge in [0.15, 0.2) is 5.75 Å². The molecule has 1 unspecified atom stereocenters. The van der Waals surface area contributed by atoms with Crippen LogP contribution in [0.1, 0.15) is 17.3 Å². The minimum absolute atomic E-state index is 0.0760. The number of carboxylic acid groups (broad SMARTS) is 1. The van der Waals surface area contributed by atoms with Gasteiger partial charge < -0.3 is 20.1 Å². The van der Waals surface area contributed by atoms with Gasteiger partial charge in [0.05, 0.1) is 18.3 Å². The third kappa shape index (κ3) is 2.39. The van der Waals surface area contributed by atoms with E-state index in [0.29, 0.717) is 18.8 Å². The highest BCUT2D eigenvalue weighted by Gasteiger charge is 2.29. The molecule has 1 heterocycles. The van der Waals surface area contributed by atoms with Crippen LogP contribution in [0.15, 0.2) is 18.2 Å². The van der Waals surface area contributed by atoms with Crippen LogP contribution in [0, 0.1) is 0 Å². The lowest BCUT2D eigenvalue weighted by atomic mass is 10.1. The van der Waals surface area contributed by atoms with Gasteiger partial charge in [0, 0.05) is 0 Å². The van der Waals surface area contributed by atoms with E-state index in [0.717, 1.165) is 0 Å². The smallest absolute Gasteiger partial charge is 0.339 e. The molecule has 6 heteroatoms. The SMILES string of the molecule is CNC(C)C(=O)N1CCOc2c(C(=O)O)cccc21. The highest BCUT2D eigenvalue weighted by molar-refractivity contribution is 6.01. The van der Waals surface area contributed by atoms with Gasteiger partial charge in [0.2, 0.25) is 5.91 Å². The lowest BCUT2D eigenvalue weighted by Gasteiger charge is -2.31. The van der Waals surface area contributed by atoms with Gasteiger partial charge in [-0.1, -0.05) is 6.07 Å². The molecule has 1 atom stereocenters. The topological polar surface area (TPSA) is 78.9 Å². The molecule has 6 nitrogen and oxygen atoms in total. The summed E-state index contributed by atoms with van der Waals surface area (Å²) in [6.07, 6.45) is 0. The molecule has 102 valence electrons. The molecule has 1 aromatic rings. The summed E-state index contributed by atoms with van der Waals surface area (Å²) in [4.78, 5) is 24.9. The quantitative estimate of drug-likeness (QED) is 0.841. The fourth-order valence-corrected chi connectivity index (χ4v) is 2.00. The number of carbonyl (C=O) groups excluding carboxylic acids is 1. The molecule has 2 N–H and O–H groups in total. The molecular weight excluding hydrogens is 248 g/mol. The van der Waals surface area contributed by atoms with E-state index in [1.54, 1.807) is 31.0 Å². The number of carboxylic acids is 1. The number of amides is 1. The largest absolute Gasteiger partial charge is 0.489 e. The van der Waals surface area contributed by atoms with E-state index in [9.17, 15) is 9.59 Å². The molecule has 2 rings (SSSR count). The van der Waals surface area contributed by atoms with E-state index in [2.05, 4.69) is 5.32 Å². The molecule has 1 aliphatic heterocycles. The molecule has 0 saturated heterocycles. The third-order valence-electron chi connectivity index (χ3n) is 3.15. The Morgan fingerprint density at radius 3 is 2.84 bits per heavy atom. The van der Waals surface area contributed by atoms with Gasteiger partial charge >= 0.3 is 5.97 Å². The van der Waals surface area contributed by atoms with Crippen LogP contribution < -0.4 is 15.0 Å². The molecule has 0 aliphatic carbocycles. The zero-order chi connectivity index (χ0) is 14.0. The summed E-state index contributed by atoms with van der Waals surface area (Å²) in [6, 6.07) is 4.44. The van der Waals surface area contributed by atoms with Crippen LogP contribution in [0.2, 0.25) is 0 Å².